The van der Waals surface area contributed by atoms with E-state index in [9.17, 15) is 4.79 Å². The number of likely N-dealkylation sites (tertiary alicyclic amines) is 2. The summed E-state index contributed by atoms with van der Waals surface area (Å²) in [7, 11) is 0. The second-order valence-electron chi connectivity index (χ2n) is 9.10. The van der Waals surface area contributed by atoms with Gasteiger partial charge in [0.25, 0.3) is 5.56 Å². The van der Waals surface area contributed by atoms with Gasteiger partial charge in [0.1, 0.15) is 0 Å². The van der Waals surface area contributed by atoms with Gasteiger partial charge in [0, 0.05) is 68.0 Å². The standard InChI is InChI=1S/C22H27N3O3/c26-22-17(11-24-12-20-6-19(24)14-28-20)1-2-21-18-5-16(9-25(21)22)8-23(10-18)7-15-3-4-27-13-15/h1-4,13,16,18-20H,5-12,14H2/t16-,18+,19+,20+/m0/s1. The minimum Gasteiger partial charge on any atom is -0.472 e. The van der Waals surface area contributed by atoms with Crippen molar-refractivity contribution < 1.29 is 9.15 Å². The summed E-state index contributed by atoms with van der Waals surface area (Å²) in [6, 6.07) is 6.87. The Morgan fingerprint density at radius 3 is 2.79 bits per heavy atom. The summed E-state index contributed by atoms with van der Waals surface area (Å²) >= 11 is 0. The number of furan rings is 1. The van der Waals surface area contributed by atoms with Crippen molar-refractivity contribution in [2.45, 2.75) is 50.5 Å². The van der Waals surface area contributed by atoms with Crippen LogP contribution in [0.15, 0.2) is 39.9 Å². The van der Waals surface area contributed by atoms with Crippen molar-refractivity contribution in [3.05, 3.63) is 57.9 Å². The molecule has 0 spiro atoms. The van der Waals surface area contributed by atoms with Crippen LogP contribution in [-0.4, -0.2) is 52.8 Å². The number of ether oxygens (including phenoxy) is 1. The molecule has 2 aromatic heterocycles. The zero-order valence-electron chi connectivity index (χ0n) is 16.1. The molecular formula is C22H27N3O3. The van der Waals surface area contributed by atoms with E-state index in [0.29, 0.717) is 24.0 Å². The SMILES string of the molecule is O=c1c(CN2C[C@H]3C[C@@H]2CO3)ccc2n1C[C@H]1C[C@@H]2CN(Cc2ccoc2)C1. The molecule has 6 nitrogen and oxygen atoms in total. The van der Waals surface area contributed by atoms with Crippen LogP contribution < -0.4 is 5.56 Å². The number of hydrogen-bond donors (Lipinski definition) is 0. The number of nitrogens with zero attached hydrogens (tertiary/aromatic N) is 3. The molecule has 3 fully saturated rings. The lowest BCUT2D eigenvalue weighted by Gasteiger charge is -2.43. The van der Waals surface area contributed by atoms with Crippen LogP contribution in [0, 0.1) is 5.92 Å². The summed E-state index contributed by atoms with van der Waals surface area (Å²) in [4.78, 5) is 18.2. The second-order valence-corrected chi connectivity index (χ2v) is 9.10. The molecule has 2 aromatic rings. The molecule has 3 saturated heterocycles. The van der Waals surface area contributed by atoms with Crippen molar-refractivity contribution >= 4 is 0 Å². The lowest BCUT2D eigenvalue weighted by Crippen LogP contribution is -2.47. The summed E-state index contributed by atoms with van der Waals surface area (Å²) in [6.45, 7) is 6.44. The van der Waals surface area contributed by atoms with Crippen LogP contribution in [0.4, 0.5) is 0 Å². The highest BCUT2D eigenvalue weighted by Crippen LogP contribution is 2.36. The van der Waals surface area contributed by atoms with Crippen LogP contribution in [0.3, 0.4) is 0 Å². The molecule has 6 heterocycles. The molecule has 4 aliphatic heterocycles. The largest absolute Gasteiger partial charge is 0.472 e. The molecule has 4 bridgehead atoms. The van der Waals surface area contributed by atoms with Gasteiger partial charge in [0.05, 0.1) is 25.2 Å². The Hall–Kier alpha value is -1.89. The van der Waals surface area contributed by atoms with Crippen LogP contribution in [0.5, 0.6) is 0 Å². The fourth-order valence-electron chi connectivity index (χ4n) is 5.87. The Bertz CT molecular complexity index is 922. The molecule has 148 valence electrons. The number of aromatic nitrogens is 1. The van der Waals surface area contributed by atoms with E-state index in [1.807, 2.05) is 12.3 Å². The first-order valence-corrected chi connectivity index (χ1v) is 10.5. The number of fused-ring (bicyclic) bond motifs is 6. The molecule has 0 aromatic carbocycles. The smallest absolute Gasteiger partial charge is 0.255 e. The average molecular weight is 381 g/mol. The van der Waals surface area contributed by atoms with Crippen LogP contribution in [0.1, 0.15) is 35.6 Å². The summed E-state index contributed by atoms with van der Waals surface area (Å²) in [6.07, 6.45) is 6.29. The van der Waals surface area contributed by atoms with Gasteiger partial charge in [-0.3, -0.25) is 14.6 Å². The van der Waals surface area contributed by atoms with Crippen LogP contribution in [0.25, 0.3) is 0 Å². The predicted molar refractivity (Wildman–Crippen MR) is 104 cm³/mol. The Labute approximate surface area is 164 Å². The zero-order chi connectivity index (χ0) is 18.7. The van der Waals surface area contributed by atoms with Crippen molar-refractivity contribution in [1.82, 2.24) is 14.4 Å². The van der Waals surface area contributed by atoms with Gasteiger partial charge in [-0.05, 0) is 30.9 Å². The summed E-state index contributed by atoms with van der Waals surface area (Å²) in [5.74, 6) is 1.01. The first-order valence-electron chi connectivity index (χ1n) is 10.5. The highest BCUT2D eigenvalue weighted by atomic mass is 16.5. The van der Waals surface area contributed by atoms with E-state index < -0.39 is 0 Å². The number of piperidine rings is 1. The van der Waals surface area contributed by atoms with Crippen LogP contribution in [0.2, 0.25) is 0 Å². The van der Waals surface area contributed by atoms with Crippen molar-refractivity contribution in [3.63, 3.8) is 0 Å². The van der Waals surface area contributed by atoms with Gasteiger partial charge in [0.15, 0.2) is 0 Å². The van der Waals surface area contributed by atoms with Crippen molar-refractivity contribution in [1.29, 1.82) is 0 Å². The molecule has 6 heteroatoms. The van der Waals surface area contributed by atoms with Gasteiger partial charge in [0.2, 0.25) is 0 Å². The van der Waals surface area contributed by atoms with E-state index >= 15 is 0 Å². The fraction of sp³-hybridized carbons (Fsp3) is 0.591. The number of hydrogen-bond acceptors (Lipinski definition) is 5. The normalized spacial score (nSPS) is 32.0. The van der Waals surface area contributed by atoms with E-state index in [1.165, 1.54) is 17.7 Å². The van der Waals surface area contributed by atoms with Crippen molar-refractivity contribution in [2.75, 3.05) is 26.2 Å². The molecule has 6 rings (SSSR count). The van der Waals surface area contributed by atoms with Crippen molar-refractivity contribution in [3.8, 4) is 0 Å². The lowest BCUT2D eigenvalue weighted by atomic mass is 9.83. The minimum absolute atomic E-state index is 0.235. The molecule has 0 aliphatic carbocycles. The number of rotatable bonds is 4. The van der Waals surface area contributed by atoms with Gasteiger partial charge in [-0.2, -0.15) is 0 Å². The molecule has 4 atom stereocenters. The van der Waals surface area contributed by atoms with E-state index in [0.717, 1.165) is 57.9 Å². The monoisotopic (exact) mass is 381 g/mol. The van der Waals surface area contributed by atoms with Gasteiger partial charge in [-0.25, -0.2) is 0 Å². The molecular weight excluding hydrogens is 354 g/mol. The Morgan fingerprint density at radius 1 is 1.04 bits per heavy atom. The van der Waals surface area contributed by atoms with Gasteiger partial charge in [-0.15, -0.1) is 0 Å². The van der Waals surface area contributed by atoms with Gasteiger partial charge >= 0.3 is 0 Å². The minimum atomic E-state index is 0.235. The number of morpholine rings is 1. The van der Waals surface area contributed by atoms with E-state index in [4.69, 9.17) is 9.15 Å². The van der Waals surface area contributed by atoms with E-state index in [2.05, 4.69) is 26.5 Å². The fourth-order valence-corrected chi connectivity index (χ4v) is 5.87. The molecule has 28 heavy (non-hydrogen) atoms. The maximum Gasteiger partial charge on any atom is 0.255 e. The Balaban J connectivity index is 1.23. The maximum atomic E-state index is 13.3. The highest BCUT2D eigenvalue weighted by molar-refractivity contribution is 5.23. The topological polar surface area (TPSA) is 50.9 Å². The molecule has 0 unspecified atom stereocenters. The first kappa shape index (κ1) is 17.0. The van der Waals surface area contributed by atoms with Gasteiger partial charge in [-0.1, -0.05) is 6.07 Å². The third-order valence-electron chi connectivity index (χ3n) is 7.13. The summed E-state index contributed by atoms with van der Waals surface area (Å²) in [5, 5.41) is 0. The quantitative estimate of drug-likeness (QED) is 0.811. The second kappa shape index (κ2) is 6.58. The van der Waals surface area contributed by atoms with Crippen LogP contribution in [-0.2, 0) is 24.4 Å². The average Bonchev–Trinajstić information content (AvgIpc) is 3.43. The zero-order valence-corrected chi connectivity index (χ0v) is 16.1. The molecule has 0 amide bonds. The third-order valence-corrected chi connectivity index (χ3v) is 7.13. The van der Waals surface area contributed by atoms with Gasteiger partial charge < -0.3 is 13.7 Å². The molecule has 0 saturated carbocycles. The van der Waals surface area contributed by atoms with E-state index in [-0.39, 0.29) is 5.56 Å². The number of pyridine rings is 1. The first-order chi connectivity index (χ1) is 13.7. The maximum absolute atomic E-state index is 13.3. The predicted octanol–water partition coefficient (Wildman–Crippen LogP) is 2.03. The third kappa shape index (κ3) is 2.86. The molecule has 4 aliphatic rings. The highest BCUT2D eigenvalue weighted by Gasteiger charge is 2.39. The van der Waals surface area contributed by atoms with E-state index in [1.54, 1.807) is 6.26 Å². The van der Waals surface area contributed by atoms with Crippen molar-refractivity contribution in [2.24, 2.45) is 5.92 Å². The summed E-state index contributed by atoms with van der Waals surface area (Å²) in [5.41, 5.74) is 3.65. The Morgan fingerprint density at radius 2 is 2.00 bits per heavy atom. The van der Waals surface area contributed by atoms with Crippen LogP contribution >= 0.6 is 0 Å². The summed E-state index contributed by atoms with van der Waals surface area (Å²) < 4.78 is 13.0. The lowest BCUT2D eigenvalue weighted by molar-refractivity contribution is 0.0270. The molecule has 0 N–H and O–H groups in total. The molecule has 0 radical (unpaired) electrons. The Kier molecular flexibility index (Phi) is 4.00.